The maximum Gasteiger partial charge on any atom is 0.0476 e. The Morgan fingerprint density at radius 1 is 1.05 bits per heavy atom. The third-order valence-electron chi connectivity index (χ3n) is 4.17. The normalized spacial score (nSPS) is 19.9. The van der Waals surface area contributed by atoms with Crippen molar-refractivity contribution in [1.29, 1.82) is 0 Å². The van der Waals surface area contributed by atoms with E-state index in [9.17, 15) is 0 Å². The summed E-state index contributed by atoms with van der Waals surface area (Å²) in [5.74, 6) is 0. The van der Waals surface area contributed by atoms with Gasteiger partial charge in [-0.25, -0.2) is 0 Å². The smallest absolute Gasteiger partial charge is 0.0476 e. The van der Waals surface area contributed by atoms with E-state index in [1.54, 1.807) is 0 Å². The molecule has 2 nitrogen and oxygen atoms in total. The van der Waals surface area contributed by atoms with Crippen molar-refractivity contribution < 1.29 is 0 Å². The van der Waals surface area contributed by atoms with Crippen molar-refractivity contribution in [3.63, 3.8) is 0 Å². The number of hydrogen-bond donors (Lipinski definition) is 1. The molecular weight excluding hydrogens is 244 g/mol. The van der Waals surface area contributed by atoms with Crippen LogP contribution < -0.4 is 5.32 Å². The molecule has 0 radical (unpaired) electrons. The molecule has 1 aliphatic rings. The first-order chi connectivity index (χ1) is 9.84. The highest BCUT2D eigenvalue weighted by atomic mass is 15.2. The lowest BCUT2D eigenvalue weighted by molar-refractivity contribution is 0.153. The second-order valence-corrected chi connectivity index (χ2v) is 5.53. The van der Waals surface area contributed by atoms with Gasteiger partial charge >= 0.3 is 0 Å². The Labute approximate surface area is 121 Å². The quantitative estimate of drug-likeness (QED) is 0.918. The molecule has 1 N–H and O–H groups in total. The fourth-order valence-electron chi connectivity index (χ4n) is 2.95. The zero-order chi connectivity index (χ0) is 13.8. The van der Waals surface area contributed by atoms with Gasteiger partial charge in [0.1, 0.15) is 0 Å². The van der Waals surface area contributed by atoms with Gasteiger partial charge in [-0.2, -0.15) is 0 Å². The van der Waals surface area contributed by atoms with Crippen molar-refractivity contribution in [2.75, 3.05) is 19.6 Å². The summed E-state index contributed by atoms with van der Waals surface area (Å²) in [5, 5.41) is 3.52. The molecule has 1 saturated heterocycles. The number of hydrogen-bond acceptors (Lipinski definition) is 2. The number of piperazine rings is 1. The van der Waals surface area contributed by atoms with E-state index in [1.807, 2.05) is 0 Å². The lowest BCUT2D eigenvalue weighted by Gasteiger charge is -2.36. The molecule has 1 fully saturated rings. The highest BCUT2D eigenvalue weighted by molar-refractivity contribution is 5.26. The molecule has 0 aliphatic carbocycles. The fraction of sp³-hybridized carbons (Fsp3) is 0.333. The maximum atomic E-state index is 3.52. The number of benzene rings is 2. The van der Waals surface area contributed by atoms with Crippen LogP contribution in [0.25, 0.3) is 0 Å². The summed E-state index contributed by atoms with van der Waals surface area (Å²) in [6.45, 7) is 6.46. The van der Waals surface area contributed by atoms with E-state index < -0.39 is 0 Å². The predicted molar refractivity (Wildman–Crippen MR) is 83.6 cm³/mol. The van der Waals surface area contributed by atoms with Crippen molar-refractivity contribution >= 4 is 0 Å². The van der Waals surface area contributed by atoms with Gasteiger partial charge in [0.2, 0.25) is 0 Å². The van der Waals surface area contributed by atoms with Crippen molar-refractivity contribution in [2.24, 2.45) is 0 Å². The molecule has 0 bridgehead atoms. The van der Waals surface area contributed by atoms with Gasteiger partial charge < -0.3 is 5.32 Å². The topological polar surface area (TPSA) is 15.3 Å². The van der Waals surface area contributed by atoms with E-state index in [-0.39, 0.29) is 0 Å². The SMILES string of the molecule is Cc1ccccc1CN1CCNCC1c1ccccc1. The molecule has 1 heterocycles. The first-order valence-corrected chi connectivity index (χ1v) is 7.39. The zero-order valence-corrected chi connectivity index (χ0v) is 12.0. The van der Waals surface area contributed by atoms with Crippen LogP contribution in [0.15, 0.2) is 54.6 Å². The van der Waals surface area contributed by atoms with Crippen LogP contribution in [0.1, 0.15) is 22.7 Å². The van der Waals surface area contributed by atoms with Crippen LogP contribution in [0.5, 0.6) is 0 Å². The van der Waals surface area contributed by atoms with Crippen molar-refractivity contribution in [3.8, 4) is 0 Å². The van der Waals surface area contributed by atoms with Gasteiger partial charge in [-0.1, -0.05) is 54.6 Å². The van der Waals surface area contributed by atoms with Gasteiger partial charge in [-0.05, 0) is 23.6 Å². The average molecular weight is 266 g/mol. The van der Waals surface area contributed by atoms with E-state index in [1.165, 1.54) is 16.7 Å². The zero-order valence-electron chi connectivity index (χ0n) is 12.0. The van der Waals surface area contributed by atoms with Crippen LogP contribution in [-0.4, -0.2) is 24.5 Å². The van der Waals surface area contributed by atoms with Gasteiger partial charge in [-0.3, -0.25) is 4.90 Å². The van der Waals surface area contributed by atoms with Crippen LogP contribution in [0.4, 0.5) is 0 Å². The molecule has 1 aliphatic heterocycles. The molecule has 2 heteroatoms. The summed E-state index contributed by atoms with van der Waals surface area (Å²) in [6, 6.07) is 20.0. The molecule has 0 aromatic heterocycles. The second-order valence-electron chi connectivity index (χ2n) is 5.53. The molecule has 0 saturated carbocycles. The number of nitrogens with one attached hydrogen (secondary N) is 1. The number of aryl methyl sites for hydroxylation is 1. The highest BCUT2D eigenvalue weighted by Crippen LogP contribution is 2.24. The van der Waals surface area contributed by atoms with E-state index in [4.69, 9.17) is 0 Å². The molecule has 1 atom stereocenters. The first-order valence-electron chi connectivity index (χ1n) is 7.39. The minimum absolute atomic E-state index is 0.476. The standard InChI is InChI=1S/C18H22N2/c1-15-7-5-6-10-17(15)14-20-12-11-19-13-18(20)16-8-3-2-4-9-16/h2-10,18-19H,11-14H2,1H3. The lowest BCUT2D eigenvalue weighted by Crippen LogP contribution is -2.45. The second kappa shape index (κ2) is 6.21. The van der Waals surface area contributed by atoms with Crippen molar-refractivity contribution in [3.05, 3.63) is 71.3 Å². The summed E-state index contributed by atoms with van der Waals surface area (Å²) >= 11 is 0. The summed E-state index contributed by atoms with van der Waals surface area (Å²) in [5.41, 5.74) is 4.24. The molecule has 3 rings (SSSR count). The van der Waals surface area contributed by atoms with Crippen LogP contribution in [0, 0.1) is 6.92 Å². The van der Waals surface area contributed by atoms with Gasteiger partial charge in [0, 0.05) is 32.2 Å². The number of rotatable bonds is 3. The van der Waals surface area contributed by atoms with Crippen LogP contribution in [0.3, 0.4) is 0 Å². The Balaban J connectivity index is 1.81. The third-order valence-corrected chi connectivity index (χ3v) is 4.17. The monoisotopic (exact) mass is 266 g/mol. The van der Waals surface area contributed by atoms with E-state index in [0.29, 0.717) is 6.04 Å². The maximum absolute atomic E-state index is 3.52. The molecule has 104 valence electrons. The molecule has 1 unspecified atom stereocenters. The first kappa shape index (κ1) is 13.3. The molecular formula is C18H22N2. The number of nitrogens with zero attached hydrogens (tertiary/aromatic N) is 1. The summed E-state index contributed by atoms with van der Waals surface area (Å²) in [4.78, 5) is 2.59. The van der Waals surface area contributed by atoms with Crippen molar-refractivity contribution in [2.45, 2.75) is 19.5 Å². The Morgan fingerprint density at radius 2 is 1.80 bits per heavy atom. The summed E-state index contributed by atoms with van der Waals surface area (Å²) in [7, 11) is 0. The molecule has 2 aromatic carbocycles. The fourth-order valence-corrected chi connectivity index (χ4v) is 2.95. The summed E-state index contributed by atoms with van der Waals surface area (Å²) in [6.07, 6.45) is 0. The Hall–Kier alpha value is -1.64. The van der Waals surface area contributed by atoms with E-state index in [2.05, 4.69) is 71.7 Å². The van der Waals surface area contributed by atoms with Crippen LogP contribution in [-0.2, 0) is 6.54 Å². The van der Waals surface area contributed by atoms with Gasteiger partial charge in [0.15, 0.2) is 0 Å². The Morgan fingerprint density at radius 3 is 2.60 bits per heavy atom. The Bertz CT molecular complexity index is 550. The molecule has 0 spiro atoms. The van der Waals surface area contributed by atoms with Gasteiger partial charge in [0.05, 0.1) is 0 Å². The summed E-state index contributed by atoms with van der Waals surface area (Å²) < 4.78 is 0. The average Bonchev–Trinajstić information content (AvgIpc) is 2.51. The lowest BCUT2D eigenvalue weighted by atomic mass is 10.0. The third kappa shape index (κ3) is 2.92. The van der Waals surface area contributed by atoms with E-state index in [0.717, 1.165) is 26.2 Å². The predicted octanol–water partition coefficient (Wildman–Crippen LogP) is 3.14. The molecule has 20 heavy (non-hydrogen) atoms. The minimum Gasteiger partial charge on any atom is -0.314 e. The molecule has 2 aromatic rings. The van der Waals surface area contributed by atoms with Crippen LogP contribution in [0.2, 0.25) is 0 Å². The van der Waals surface area contributed by atoms with Gasteiger partial charge in [-0.15, -0.1) is 0 Å². The molecule has 0 amide bonds. The van der Waals surface area contributed by atoms with Crippen molar-refractivity contribution in [1.82, 2.24) is 10.2 Å². The highest BCUT2D eigenvalue weighted by Gasteiger charge is 2.23. The van der Waals surface area contributed by atoms with E-state index >= 15 is 0 Å². The minimum atomic E-state index is 0.476. The van der Waals surface area contributed by atoms with Gasteiger partial charge in [0.25, 0.3) is 0 Å². The van der Waals surface area contributed by atoms with Crippen LogP contribution >= 0.6 is 0 Å². The Kier molecular flexibility index (Phi) is 4.14. The largest absolute Gasteiger partial charge is 0.314 e.